The lowest BCUT2D eigenvalue weighted by Crippen LogP contribution is -2.49. The first kappa shape index (κ1) is 15.9. The smallest absolute Gasteiger partial charge is 0.326 e. The number of rotatable bonds is 6. The van der Waals surface area contributed by atoms with Crippen LogP contribution in [0.3, 0.4) is 0 Å². The van der Waals surface area contributed by atoms with Gasteiger partial charge in [0.1, 0.15) is 6.04 Å². The summed E-state index contributed by atoms with van der Waals surface area (Å²) in [5, 5.41) is 11.6. The highest BCUT2D eigenvalue weighted by Gasteiger charge is 2.32. The van der Waals surface area contributed by atoms with Gasteiger partial charge in [0.05, 0.1) is 0 Å². The molecule has 1 atom stereocenters. The molecule has 0 saturated heterocycles. The number of hydrogen-bond donors (Lipinski definition) is 2. The summed E-state index contributed by atoms with van der Waals surface area (Å²) in [6.07, 6.45) is 0.739. The molecule has 100 valence electrons. The molecule has 0 rings (SSSR count). The molecule has 1 unspecified atom stereocenters. The second-order valence-electron chi connectivity index (χ2n) is 6.02. The number of carboxylic acids is 1. The number of aliphatic carboxylic acids is 1. The van der Waals surface area contributed by atoms with Crippen LogP contribution in [0.2, 0.25) is 0 Å². The molecule has 0 spiro atoms. The van der Waals surface area contributed by atoms with Gasteiger partial charge >= 0.3 is 5.97 Å². The SMILES string of the molecule is CC(C)CC(C)(C)C(=O)NC(C(=O)O)C(C)C. The van der Waals surface area contributed by atoms with Crippen LogP contribution in [0.1, 0.15) is 48.0 Å². The van der Waals surface area contributed by atoms with Gasteiger partial charge in [0.2, 0.25) is 5.91 Å². The Labute approximate surface area is 104 Å². The fourth-order valence-electron chi connectivity index (χ4n) is 1.96. The van der Waals surface area contributed by atoms with Gasteiger partial charge in [0, 0.05) is 5.41 Å². The van der Waals surface area contributed by atoms with Crippen molar-refractivity contribution < 1.29 is 14.7 Å². The van der Waals surface area contributed by atoms with Crippen molar-refractivity contribution in [2.45, 2.75) is 54.0 Å². The summed E-state index contributed by atoms with van der Waals surface area (Å²) in [6, 6.07) is -0.811. The fraction of sp³-hybridized carbons (Fsp3) is 0.846. The fourth-order valence-corrected chi connectivity index (χ4v) is 1.96. The van der Waals surface area contributed by atoms with Crippen molar-refractivity contribution in [1.82, 2.24) is 5.32 Å². The molecule has 0 aliphatic heterocycles. The highest BCUT2D eigenvalue weighted by molar-refractivity contribution is 5.87. The summed E-state index contributed by atoms with van der Waals surface area (Å²) < 4.78 is 0. The molecule has 0 aromatic rings. The highest BCUT2D eigenvalue weighted by atomic mass is 16.4. The summed E-state index contributed by atoms with van der Waals surface area (Å²) in [7, 11) is 0. The highest BCUT2D eigenvalue weighted by Crippen LogP contribution is 2.25. The minimum atomic E-state index is -0.978. The minimum Gasteiger partial charge on any atom is -0.480 e. The number of carbonyl (C=O) groups is 2. The van der Waals surface area contributed by atoms with Crippen LogP contribution in [0.25, 0.3) is 0 Å². The Balaban J connectivity index is 4.66. The van der Waals surface area contributed by atoms with Gasteiger partial charge in [0.25, 0.3) is 0 Å². The molecule has 1 amide bonds. The lowest BCUT2D eigenvalue weighted by molar-refractivity contribution is -0.145. The number of carboxylic acid groups (broad SMARTS) is 1. The largest absolute Gasteiger partial charge is 0.480 e. The third-order valence-electron chi connectivity index (χ3n) is 2.75. The van der Waals surface area contributed by atoms with Gasteiger partial charge in [-0.25, -0.2) is 4.79 Å². The molecular formula is C13H25NO3. The first-order chi connectivity index (χ1) is 7.58. The van der Waals surface area contributed by atoms with Crippen molar-refractivity contribution >= 4 is 11.9 Å². The Morgan fingerprint density at radius 3 is 1.94 bits per heavy atom. The van der Waals surface area contributed by atoms with Crippen molar-refractivity contribution in [2.75, 3.05) is 0 Å². The molecular weight excluding hydrogens is 218 g/mol. The van der Waals surface area contributed by atoms with E-state index >= 15 is 0 Å². The van der Waals surface area contributed by atoms with Crippen LogP contribution in [0, 0.1) is 17.3 Å². The van der Waals surface area contributed by atoms with Gasteiger partial charge < -0.3 is 10.4 Å². The third kappa shape index (κ3) is 5.20. The van der Waals surface area contributed by atoms with E-state index in [1.807, 2.05) is 27.7 Å². The summed E-state index contributed by atoms with van der Waals surface area (Å²) in [6.45, 7) is 11.4. The van der Waals surface area contributed by atoms with Gasteiger partial charge in [-0.1, -0.05) is 41.5 Å². The van der Waals surface area contributed by atoms with Crippen LogP contribution in [0.15, 0.2) is 0 Å². The van der Waals surface area contributed by atoms with E-state index in [2.05, 4.69) is 5.32 Å². The monoisotopic (exact) mass is 243 g/mol. The zero-order valence-electron chi connectivity index (χ0n) is 11.7. The molecule has 0 aromatic heterocycles. The summed E-state index contributed by atoms with van der Waals surface area (Å²) in [5.74, 6) is -0.884. The summed E-state index contributed by atoms with van der Waals surface area (Å²) >= 11 is 0. The zero-order valence-corrected chi connectivity index (χ0v) is 11.7. The van der Waals surface area contributed by atoms with E-state index in [0.29, 0.717) is 5.92 Å². The zero-order chi connectivity index (χ0) is 13.8. The predicted molar refractivity (Wildman–Crippen MR) is 67.6 cm³/mol. The quantitative estimate of drug-likeness (QED) is 0.752. The van der Waals surface area contributed by atoms with Crippen molar-refractivity contribution in [3.05, 3.63) is 0 Å². The maximum absolute atomic E-state index is 12.0. The lowest BCUT2D eigenvalue weighted by atomic mass is 9.82. The van der Waals surface area contributed by atoms with Crippen LogP contribution in [0.5, 0.6) is 0 Å². The average molecular weight is 243 g/mol. The van der Waals surface area contributed by atoms with Crippen molar-refractivity contribution in [1.29, 1.82) is 0 Å². The first-order valence-electron chi connectivity index (χ1n) is 6.11. The Morgan fingerprint density at radius 2 is 1.65 bits per heavy atom. The van der Waals surface area contributed by atoms with E-state index in [-0.39, 0.29) is 11.8 Å². The standard InChI is InChI=1S/C13H25NO3/c1-8(2)7-13(5,6)12(17)14-10(9(3)4)11(15)16/h8-10H,7H2,1-6H3,(H,14,17)(H,15,16). The number of amides is 1. The molecule has 0 aromatic carbocycles. The van der Waals surface area contributed by atoms with Gasteiger partial charge in [-0.3, -0.25) is 4.79 Å². The Morgan fingerprint density at radius 1 is 1.18 bits per heavy atom. The number of carbonyl (C=O) groups excluding carboxylic acids is 1. The van der Waals surface area contributed by atoms with Gasteiger partial charge in [0.15, 0.2) is 0 Å². The van der Waals surface area contributed by atoms with Crippen LogP contribution in [-0.2, 0) is 9.59 Å². The van der Waals surface area contributed by atoms with E-state index in [9.17, 15) is 9.59 Å². The molecule has 4 heteroatoms. The van der Waals surface area contributed by atoms with E-state index in [1.165, 1.54) is 0 Å². The Kier molecular flexibility index (Phi) is 5.66. The molecule has 0 fully saturated rings. The molecule has 0 aliphatic carbocycles. The molecule has 0 saturated carbocycles. The van der Waals surface area contributed by atoms with Crippen molar-refractivity contribution in [3.8, 4) is 0 Å². The Bertz CT molecular complexity index is 282. The second kappa shape index (κ2) is 6.03. The minimum absolute atomic E-state index is 0.119. The molecule has 0 bridgehead atoms. The maximum atomic E-state index is 12.0. The lowest BCUT2D eigenvalue weighted by Gasteiger charge is -2.28. The molecule has 2 N–H and O–H groups in total. The Hall–Kier alpha value is -1.06. The maximum Gasteiger partial charge on any atom is 0.326 e. The van der Waals surface area contributed by atoms with Gasteiger partial charge in [-0.15, -0.1) is 0 Å². The van der Waals surface area contributed by atoms with Crippen LogP contribution in [-0.4, -0.2) is 23.0 Å². The van der Waals surface area contributed by atoms with Gasteiger partial charge in [-0.05, 0) is 18.3 Å². The van der Waals surface area contributed by atoms with E-state index in [0.717, 1.165) is 6.42 Å². The van der Waals surface area contributed by atoms with Gasteiger partial charge in [-0.2, -0.15) is 0 Å². The predicted octanol–water partition coefficient (Wildman–Crippen LogP) is 2.28. The average Bonchev–Trinajstić information content (AvgIpc) is 2.10. The van der Waals surface area contributed by atoms with E-state index in [4.69, 9.17) is 5.11 Å². The molecule has 17 heavy (non-hydrogen) atoms. The summed E-state index contributed by atoms with van der Waals surface area (Å²) in [5.41, 5.74) is -0.531. The molecule has 4 nitrogen and oxygen atoms in total. The molecule has 0 heterocycles. The first-order valence-corrected chi connectivity index (χ1v) is 6.11. The number of hydrogen-bond acceptors (Lipinski definition) is 2. The molecule has 0 radical (unpaired) electrons. The topological polar surface area (TPSA) is 66.4 Å². The number of nitrogens with one attached hydrogen (secondary N) is 1. The van der Waals surface area contributed by atoms with Crippen molar-refractivity contribution in [2.24, 2.45) is 17.3 Å². The van der Waals surface area contributed by atoms with Crippen LogP contribution in [0.4, 0.5) is 0 Å². The van der Waals surface area contributed by atoms with Crippen molar-refractivity contribution in [3.63, 3.8) is 0 Å². The summed E-state index contributed by atoms with van der Waals surface area (Å²) in [4.78, 5) is 23.1. The normalized spacial score (nSPS) is 13.9. The second-order valence-corrected chi connectivity index (χ2v) is 6.02. The van der Waals surface area contributed by atoms with Crippen LogP contribution >= 0.6 is 0 Å². The third-order valence-corrected chi connectivity index (χ3v) is 2.75. The van der Waals surface area contributed by atoms with E-state index < -0.39 is 17.4 Å². The molecule has 0 aliphatic rings. The van der Waals surface area contributed by atoms with E-state index in [1.54, 1.807) is 13.8 Å². The van der Waals surface area contributed by atoms with Crippen LogP contribution < -0.4 is 5.32 Å².